The third kappa shape index (κ3) is 6.98. The summed E-state index contributed by atoms with van der Waals surface area (Å²) in [6, 6.07) is 20.5. The van der Waals surface area contributed by atoms with E-state index in [4.69, 9.17) is 9.47 Å². The number of sulfonamides is 1. The topological polar surface area (TPSA) is 84.9 Å². The molecule has 0 saturated carbocycles. The van der Waals surface area contributed by atoms with E-state index in [1.807, 2.05) is 38.1 Å². The highest BCUT2D eigenvalue weighted by Crippen LogP contribution is 2.26. The minimum absolute atomic E-state index is 0.0835. The second-order valence-electron chi connectivity index (χ2n) is 7.41. The zero-order valence-electron chi connectivity index (χ0n) is 19.0. The summed E-state index contributed by atoms with van der Waals surface area (Å²) in [6.45, 7) is 4.45. The minimum atomic E-state index is -3.99. The van der Waals surface area contributed by atoms with Crippen LogP contribution in [0.15, 0.2) is 82.2 Å². The summed E-state index contributed by atoms with van der Waals surface area (Å²) in [6.07, 6.45) is 0. The van der Waals surface area contributed by atoms with Gasteiger partial charge in [0.1, 0.15) is 24.7 Å². The largest absolute Gasteiger partial charge is 0.494 e. The number of carbonyl (C=O) groups excluding carboxylic acids is 1. The van der Waals surface area contributed by atoms with E-state index in [2.05, 4.69) is 21.2 Å². The minimum Gasteiger partial charge on any atom is -0.494 e. The first-order valence-electron chi connectivity index (χ1n) is 10.8. The summed E-state index contributed by atoms with van der Waals surface area (Å²) in [5.74, 6) is 0.885. The Balaban J connectivity index is 1.72. The molecule has 0 atom stereocenters. The Morgan fingerprint density at radius 3 is 2.32 bits per heavy atom. The number of amides is 1. The van der Waals surface area contributed by atoms with Crippen molar-refractivity contribution in [2.75, 3.05) is 30.6 Å². The fourth-order valence-electron chi connectivity index (χ4n) is 3.17. The molecule has 7 nitrogen and oxygen atoms in total. The van der Waals surface area contributed by atoms with Crippen LogP contribution in [0.25, 0.3) is 0 Å². The number of hydrogen-bond donors (Lipinski definition) is 1. The molecule has 0 saturated heterocycles. The van der Waals surface area contributed by atoms with Crippen LogP contribution in [0.2, 0.25) is 0 Å². The molecule has 0 aliphatic carbocycles. The molecule has 34 heavy (non-hydrogen) atoms. The third-order valence-corrected chi connectivity index (χ3v) is 7.12. The van der Waals surface area contributed by atoms with Gasteiger partial charge in [-0.2, -0.15) is 0 Å². The molecule has 3 rings (SSSR count). The van der Waals surface area contributed by atoms with E-state index in [0.717, 1.165) is 14.3 Å². The summed E-state index contributed by atoms with van der Waals surface area (Å²) >= 11 is 3.31. The van der Waals surface area contributed by atoms with Gasteiger partial charge >= 0.3 is 0 Å². The maximum Gasteiger partial charge on any atom is 0.264 e. The van der Waals surface area contributed by atoms with E-state index in [9.17, 15) is 13.2 Å². The van der Waals surface area contributed by atoms with Gasteiger partial charge < -0.3 is 14.8 Å². The van der Waals surface area contributed by atoms with Crippen molar-refractivity contribution >= 4 is 37.5 Å². The van der Waals surface area contributed by atoms with Crippen LogP contribution >= 0.6 is 15.9 Å². The second kappa shape index (κ2) is 11.9. The van der Waals surface area contributed by atoms with Gasteiger partial charge in [-0.05, 0) is 80.1 Å². The van der Waals surface area contributed by atoms with E-state index in [1.165, 1.54) is 12.1 Å². The highest BCUT2D eigenvalue weighted by atomic mass is 79.9. The number of carbonyl (C=O) groups is 1. The molecule has 180 valence electrons. The van der Waals surface area contributed by atoms with Gasteiger partial charge in [0.15, 0.2) is 0 Å². The molecule has 1 N–H and O–H groups in total. The predicted molar refractivity (Wildman–Crippen MR) is 136 cm³/mol. The molecule has 0 aromatic heterocycles. The molecule has 0 aliphatic heterocycles. The monoisotopic (exact) mass is 546 g/mol. The van der Waals surface area contributed by atoms with Gasteiger partial charge in [0.2, 0.25) is 5.91 Å². The number of halogens is 1. The van der Waals surface area contributed by atoms with Crippen LogP contribution in [-0.2, 0) is 14.8 Å². The zero-order chi connectivity index (χ0) is 24.6. The highest BCUT2D eigenvalue weighted by molar-refractivity contribution is 9.10. The van der Waals surface area contributed by atoms with Crippen molar-refractivity contribution in [1.29, 1.82) is 0 Å². The average molecular weight is 547 g/mol. The molecule has 0 radical (unpaired) electrons. The average Bonchev–Trinajstić information content (AvgIpc) is 2.81. The number of nitrogens with one attached hydrogen (secondary N) is 1. The van der Waals surface area contributed by atoms with Gasteiger partial charge in [0, 0.05) is 4.47 Å². The lowest BCUT2D eigenvalue weighted by Crippen LogP contribution is -2.41. The number of aryl methyl sites for hydroxylation is 1. The molecule has 9 heteroatoms. The molecule has 0 fully saturated rings. The van der Waals surface area contributed by atoms with Crippen LogP contribution in [0.5, 0.6) is 11.5 Å². The maximum atomic E-state index is 13.4. The smallest absolute Gasteiger partial charge is 0.264 e. The standard InChI is InChI=1S/C25H27BrN2O5S/c1-3-32-22-11-9-21(10-12-22)28(34(30,31)24-13-7-20(26)8-14-24)18-25(29)27-15-16-33-23-6-4-5-19(2)17-23/h4-14,17H,3,15-16,18H2,1-2H3,(H,27,29). The Labute approximate surface area is 208 Å². The summed E-state index contributed by atoms with van der Waals surface area (Å²) in [4.78, 5) is 12.8. The van der Waals surface area contributed by atoms with Crippen LogP contribution in [0.3, 0.4) is 0 Å². The van der Waals surface area contributed by atoms with Crippen molar-refractivity contribution in [3.05, 3.63) is 82.8 Å². The molecule has 1 amide bonds. The molecule has 0 spiro atoms. The van der Waals surface area contributed by atoms with Gasteiger partial charge in [-0.1, -0.05) is 28.1 Å². The first kappa shape index (κ1) is 25.6. The fourth-order valence-corrected chi connectivity index (χ4v) is 4.86. The Bertz CT molecular complexity index is 1200. The van der Waals surface area contributed by atoms with Crippen molar-refractivity contribution in [3.8, 4) is 11.5 Å². The molecule has 3 aromatic carbocycles. The molecule has 3 aromatic rings. The second-order valence-corrected chi connectivity index (χ2v) is 10.2. The van der Waals surface area contributed by atoms with Crippen LogP contribution in [0, 0.1) is 6.92 Å². The molecule has 0 aliphatic rings. The normalized spacial score (nSPS) is 11.0. The van der Waals surface area contributed by atoms with E-state index < -0.39 is 15.9 Å². The van der Waals surface area contributed by atoms with Crippen LogP contribution in [-0.4, -0.2) is 40.6 Å². The maximum absolute atomic E-state index is 13.4. The van der Waals surface area contributed by atoms with Crippen LogP contribution in [0.4, 0.5) is 5.69 Å². The number of ether oxygens (including phenoxy) is 2. The lowest BCUT2D eigenvalue weighted by atomic mass is 10.2. The Kier molecular flexibility index (Phi) is 8.95. The summed E-state index contributed by atoms with van der Waals surface area (Å²) in [5, 5.41) is 2.73. The zero-order valence-corrected chi connectivity index (χ0v) is 21.4. The Morgan fingerprint density at radius 1 is 0.971 bits per heavy atom. The van der Waals surface area contributed by atoms with Gasteiger partial charge in [0.05, 0.1) is 23.7 Å². The van der Waals surface area contributed by atoms with Crippen LogP contribution in [0.1, 0.15) is 12.5 Å². The van der Waals surface area contributed by atoms with E-state index in [-0.39, 0.29) is 24.6 Å². The van der Waals surface area contributed by atoms with E-state index >= 15 is 0 Å². The number of benzene rings is 3. The van der Waals surface area contributed by atoms with Crippen molar-refractivity contribution < 1.29 is 22.7 Å². The lowest BCUT2D eigenvalue weighted by Gasteiger charge is -2.24. The molecule has 0 bridgehead atoms. The summed E-state index contributed by atoms with van der Waals surface area (Å²) in [5.41, 5.74) is 1.43. The number of hydrogen-bond acceptors (Lipinski definition) is 5. The first-order chi connectivity index (χ1) is 16.3. The quantitative estimate of drug-likeness (QED) is 0.356. The number of rotatable bonds is 11. The Morgan fingerprint density at radius 2 is 1.68 bits per heavy atom. The predicted octanol–water partition coefficient (Wildman–Crippen LogP) is 4.55. The molecular formula is C25H27BrN2O5S. The molecular weight excluding hydrogens is 520 g/mol. The van der Waals surface area contributed by atoms with E-state index in [1.54, 1.807) is 36.4 Å². The van der Waals surface area contributed by atoms with Gasteiger partial charge in [0.25, 0.3) is 10.0 Å². The molecule has 0 heterocycles. The number of anilines is 1. The van der Waals surface area contributed by atoms with Crippen molar-refractivity contribution in [3.63, 3.8) is 0 Å². The number of nitrogens with zero attached hydrogens (tertiary/aromatic N) is 1. The van der Waals surface area contributed by atoms with Gasteiger partial charge in [-0.25, -0.2) is 8.42 Å². The van der Waals surface area contributed by atoms with Crippen molar-refractivity contribution in [2.24, 2.45) is 0 Å². The Hall–Kier alpha value is -3.04. The fraction of sp³-hybridized carbons (Fsp3) is 0.240. The summed E-state index contributed by atoms with van der Waals surface area (Å²) < 4.78 is 39.8. The van der Waals surface area contributed by atoms with Crippen molar-refractivity contribution in [2.45, 2.75) is 18.7 Å². The summed E-state index contributed by atoms with van der Waals surface area (Å²) in [7, 11) is -3.99. The van der Waals surface area contributed by atoms with Crippen molar-refractivity contribution in [1.82, 2.24) is 5.32 Å². The van der Waals surface area contributed by atoms with Crippen LogP contribution < -0.4 is 19.1 Å². The first-order valence-corrected chi connectivity index (χ1v) is 13.0. The van der Waals surface area contributed by atoms with E-state index in [0.29, 0.717) is 23.8 Å². The molecule has 0 unspecified atom stereocenters. The lowest BCUT2D eigenvalue weighted by molar-refractivity contribution is -0.119. The SMILES string of the molecule is CCOc1ccc(N(CC(=O)NCCOc2cccc(C)c2)S(=O)(=O)c2ccc(Br)cc2)cc1. The van der Waals surface area contributed by atoms with Gasteiger partial charge in [-0.3, -0.25) is 9.10 Å². The third-order valence-electron chi connectivity index (χ3n) is 4.81. The van der Waals surface area contributed by atoms with Gasteiger partial charge in [-0.15, -0.1) is 0 Å². The highest BCUT2D eigenvalue weighted by Gasteiger charge is 2.27.